The van der Waals surface area contributed by atoms with Gasteiger partial charge in [-0.2, -0.15) is 0 Å². The molecule has 0 saturated heterocycles. The highest BCUT2D eigenvalue weighted by Gasteiger charge is 2.31. The Morgan fingerprint density at radius 2 is 2.11 bits per heavy atom. The molecule has 18 heavy (non-hydrogen) atoms. The van der Waals surface area contributed by atoms with E-state index in [2.05, 4.69) is 4.98 Å². The molecule has 0 bridgehead atoms. The highest BCUT2D eigenvalue weighted by atomic mass is 35.5. The molecule has 98 valence electrons. The molecule has 0 aromatic carbocycles. The molecule has 1 fully saturated rings. The molecule has 1 aromatic rings. The fourth-order valence-corrected chi connectivity index (χ4v) is 3.28. The normalized spacial score (nSPS) is 20.2. The summed E-state index contributed by atoms with van der Waals surface area (Å²) in [5.41, 5.74) is 2.15. The van der Waals surface area contributed by atoms with Crippen LogP contribution < -0.4 is 0 Å². The summed E-state index contributed by atoms with van der Waals surface area (Å²) in [4.78, 5) is 18.7. The molecule has 0 atom stereocenters. The van der Waals surface area contributed by atoms with Gasteiger partial charge in [-0.15, -0.1) is 0 Å². The van der Waals surface area contributed by atoms with Crippen LogP contribution in [0.4, 0.5) is 0 Å². The lowest BCUT2D eigenvalue weighted by molar-refractivity contribution is -0.136. The first-order chi connectivity index (χ1) is 8.66. The molecule has 2 aliphatic rings. The van der Waals surface area contributed by atoms with E-state index < -0.39 is 0 Å². The zero-order valence-electron chi connectivity index (χ0n) is 10.7. The van der Waals surface area contributed by atoms with Crippen LogP contribution in [0.2, 0.25) is 5.28 Å². The topological polar surface area (TPSA) is 38.1 Å². The predicted molar refractivity (Wildman–Crippen MR) is 69.3 cm³/mol. The molecule has 0 unspecified atom stereocenters. The van der Waals surface area contributed by atoms with Gasteiger partial charge < -0.3 is 9.47 Å². The Hall–Kier alpha value is -1.03. The fraction of sp³-hybridized carbons (Fsp3) is 0.692. The smallest absolute Gasteiger partial charge is 0.226 e. The van der Waals surface area contributed by atoms with E-state index in [0.29, 0.717) is 17.7 Å². The van der Waals surface area contributed by atoms with Crippen LogP contribution in [0.25, 0.3) is 0 Å². The largest absolute Gasteiger partial charge is 0.336 e. The van der Waals surface area contributed by atoms with Gasteiger partial charge in [-0.1, -0.05) is 12.8 Å². The van der Waals surface area contributed by atoms with E-state index in [1.807, 2.05) is 16.5 Å². The molecular formula is C13H18ClN3O. The van der Waals surface area contributed by atoms with Crippen LogP contribution in [0.1, 0.15) is 37.1 Å². The summed E-state index contributed by atoms with van der Waals surface area (Å²) in [6.07, 6.45) is 5.36. The minimum absolute atomic E-state index is 0.259. The number of carbonyl (C=O) groups is 1. The number of nitrogens with zero attached hydrogens (tertiary/aromatic N) is 3. The van der Waals surface area contributed by atoms with Crippen molar-refractivity contribution in [3.05, 3.63) is 16.7 Å². The molecule has 4 nitrogen and oxygen atoms in total. The van der Waals surface area contributed by atoms with Gasteiger partial charge >= 0.3 is 0 Å². The predicted octanol–water partition coefficient (Wildman–Crippen LogP) is 2.15. The first-order valence-electron chi connectivity index (χ1n) is 6.65. The maximum absolute atomic E-state index is 12.4. The van der Waals surface area contributed by atoms with Crippen molar-refractivity contribution in [3.63, 3.8) is 0 Å². The van der Waals surface area contributed by atoms with E-state index in [1.54, 1.807) is 0 Å². The molecule has 2 heterocycles. The second-order valence-corrected chi connectivity index (χ2v) is 5.66. The lowest BCUT2D eigenvalue weighted by Crippen LogP contribution is -2.39. The van der Waals surface area contributed by atoms with Crippen LogP contribution in [0, 0.1) is 5.92 Å². The van der Waals surface area contributed by atoms with E-state index in [9.17, 15) is 4.79 Å². The third-order valence-electron chi connectivity index (χ3n) is 4.22. The molecule has 1 saturated carbocycles. The second-order valence-electron chi connectivity index (χ2n) is 5.32. The number of fused-ring (bicyclic) bond motifs is 1. The van der Waals surface area contributed by atoms with Gasteiger partial charge in [0.05, 0.1) is 17.9 Å². The molecule has 1 aliphatic heterocycles. The Morgan fingerprint density at radius 1 is 1.39 bits per heavy atom. The highest BCUT2D eigenvalue weighted by molar-refractivity contribution is 6.28. The molecule has 1 aromatic heterocycles. The van der Waals surface area contributed by atoms with E-state index in [-0.39, 0.29) is 5.92 Å². The van der Waals surface area contributed by atoms with Gasteiger partial charge in [-0.3, -0.25) is 4.79 Å². The van der Waals surface area contributed by atoms with Gasteiger partial charge in [0.15, 0.2) is 0 Å². The summed E-state index contributed by atoms with van der Waals surface area (Å²) in [5.74, 6) is 0.589. The van der Waals surface area contributed by atoms with Crippen LogP contribution in [0.15, 0.2) is 0 Å². The Labute approximate surface area is 112 Å². The van der Waals surface area contributed by atoms with Crippen LogP contribution >= 0.6 is 11.6 Å². The van der Waals surface area contributed by atoms with Gasteiger partial charge in [0, 0.05) is 25.9 Å². The van der Waals surface area contributed by atoms with E-state index >= 15 is 0 Å². The minimum Gasteiger partial charge on any atom is -0.336 e. The molecular weight excluding hydrogens is 250 g/mol. The lowest BCUT2D eigenvalue weighted by atomic mass is 10.0. The quantitative estimate of drug-likeness (QED) is 0.782. The van der Waals surface area contributed by atoms with E-state index in [4.69, 9.17) is 11.6 Å². The molecule has 0 N–H and O–H groups in total. The first-order valence-corrected chi connectivity index (χ1v) is 7.03. The summed E-state index contributed by atoms with van der Waals surface area (Å²) in [6.45, 7) is 1.45. The van der Waals surface area contributed by atoms with Crippen molar-refractivity contribution in [1.82, 2.24) is 14.5 Å². The van der Waals surface area contributed by atoms with Gasteiger partial charge in [0.25, 0.3) is 0 Å². The number of rotatable bonds is 1. The van der Waals surface area contributed by atoms with E-state index in [0.717, 1.165) is 37.2 Å². The highest BCUT2D eigenvalue weighted by Crippen LogP contribution is 2.29. The van der Waals surface area contributed by atoms with Gasteiger partial charge in [0.1, 0.15) is 0 Å². The second kappa shape index (κ2) is 4.57. The van der Waals surface area contributed by atoms with Crippen LogP contribution in [0.3, 0.4) is 0 Å². The molecule has 5 heteroatoms. The molecule has 1 aliphatic carbocycles. The Kier molecular flexibility index (Phi) is 3.06. The number of hydrogen-bond acceptors (Lipinski definition) is 2. The molecule has 1 amide bonds. The third-order valence-corrected chi connectivity index (χ3v) is 4.56. The average molecular weight is 268 g/mol. The van der Waals surface area contributed by atoms with Crippen molar-refractivity contribution in [2.24, 2.45) is 13.0 Å². The standard InChI is InChI=1S/C13H18ClN3O/c1-16-11-8-17(7-6-10(11)15-13(16)14)12(18)9-4-2-3-5-9/h9H,2-8H2,1H3. The lowest BCUT2D eigenvalue weighted by Gasteiger charge is -2.29. The first kappa shape index (κ1) is 12.0. The van der Waals surface area contributed by atoms with Crippen molar-refractivity contribution >= 4 is 17.5 Å². The number of amides is 1. The minimum atomic E-state index is 0.259. The monoisotopic (exact) mass is 267 g/mol. The fourth-order valence-electron chi connectivity index (χ4n) is 3.07. The maximum Gasteiger partial charge on any atom is 0.226 e. The summed E-state index contributed by atoms with van der Waals surface area (Å²) in [5, 5.41) is 0.523. The summed E-state index contributed by atoms with van der Waals surface area (Å²) in [7, 11) is 1.91. The molecule has 0 radical (unpaired) electrons. The number of hydrogen-bond donors (Lipinski definition) is 0. The van der Waals surface area contributed by atoms with Gasteiger partial charge in [-0.05, 0) is 24.4 Å². The number of carbonyl (C=O) groups excluding carboxylic acids is 1. The Bertz CT molecular complexity index is 477. The average Bonchev–Trinajstić information content (AvgIpc) is 2.99. The van der Waals surface area contributed by atoms with Gasteiger partial charge in [0.2, 0.25) is 11.2 Å². The SMILES string of the molecule is Cn1c(Cl)nc2c1CN(C(=O)C1CCCC1)CC2. The summed E-state index contributed by atoms with van der Waals surface area (Å²) in [6, 6.07) is 0. The Morgan fingerprint density at radius 3 is 2.83 bits per heavy atom. The number of aromatic nitrogens is 2. The molecule has 3 rings (SSSR count). The summed E-state index contributed by atoms with van der Waals surface area (Å²) < 4.78 is 1.89. The zero-order valence-corrected chi connectivity index (χ0v) is 11.4. The van der Waals surface area contributed by atoms with Gasteiger partial charge in [-0.25, -0.2) is 4.98 Å². The number of imidazole rings is 1. The van der Waals surface area contributed by atoms with Crippen molar-refractivity contribution in [2.75, 3.05) is 6.54 Å². The summed E-state index contributed by atoms with van der Waals surface area (Å²) >= 11 is 6.02. The zero-order chi connectivity index (χ0) is 12.7. The van der Waals surface area contributed by atoms with Crippen LogP contribution in [-0.4, -0.2) is 26.9 Å². The Balaban J connectivity index is 1.77. The number of halogens is 1. The van der Waals surface area contributed by atoms with Crippen molar-refractivity contribution < 1.29 is 4.79 Å². The van der Waals surface area contributed by atoms with Crippen molar-refractivity contribution in [2.45, 2.75) is 38.6 Å². The van der Waals surface area contributed by atoms with Crippen molar-refractivity contribution in [3.8, 4) is 0 Å². The van der Waals surface area contributed by atoms with Crippen LogP contribution in [-0.2, 0) is 24.8 Å². The molecule has 0 spiro atoms. The third kappa shape index (κ3) is 1.92. The van der Waals surface area contributed by atoms with E-state index in [1.165, 1.54) is 12.8 Å². The van der Waals surface area contributed by atoms with Crippen LogP contribution in [0.5, 0.6) is 0 Å². The maximum atomic E-state index is 12.4. The van der Waals surface area contributed by atoms with Crippen molar-refractivity contribution in [1.29, 1.82) is 0 Å².